The molecule has 0 heterocycles. The normalized spacial score (nSPS) is 43.8. The van der Waals surface area contributed by atoms with Crippen LogP contribution in [0.3, 0.4) is 0 Å². The number of allylic oxidation sites excluding steroid dienone is 2. The molecular weight excluding hydrogens is 352 g/mol. The average Bonchev–Trinajstić information content (AvgIpc) is 2.92. The highest BCUT2D eigenvalue weighted by Gasteiger charge is 2.58. The molecule has 5 heteroatoms. The van der Waals surface area contributed by atoms with Gasteiger partial charge in [-0.2, -0.15) is 0 Å². The predicted octanol–water partition coefficient (Wildman–Crippen LogP) is 2.63. The molecule has 4 aliphatic carbocycles. The Morgan fingerprint density at radius 2 is 1.86 bits per heavy atom. The van der Waals surface area contributed by atoms with E-state index in [2.05, 4.69) is 36.6 Å². The standard InChI is InChI=1S/C23H32N2O3/c1-13(26)24-19-12-15-11-16(28)7-9-22(15,3)18-8-10-23(4)17(21(18)19)5-6-20(23)25-14(2)27/h7-9,11,16-17,19-21,28H,5-6,10,12H2,1-4H3,(H,24,26)(H,25,27)/t16-,17-,19-,20-,21-,22-,23-/m0/s1. The average molecular weight is 385 g/mol. The minimum atomic E-state index is -0.553. The lowest BCUT2D eigenvalue weighted by Gasteiger charge is -2.55. The van der Waals surface area contributed by atoms with Crippen molar-refractivity contribution in [2.75, 3.05) is 0 Å². The molecule has 28 heavy (non-hydrogen) atoms. The van der Waals surface area contributed by atoms with Crippen LogP contribution in [0.4, 0.5) is 0 Å². The van der Waals surface area contributed by atoms with E-state index >= 15 is 0 Å². The largest absolute Gasteiger partial charge is 0.385 e. The third-order valence-electron chi connectivity index (χ3n) is 7.87. The summed E-state index contributed by atoms with van der Waals surface area (Å²) in [6.07, 6.45) is 11.5. The van der Waals surface area contributed by atoms with Crippen molar-refractivity contribution in [3.63, 3.8) is 0 Å². The molecule has 4 aliphatic rings. The first-order valence-electron chi connectivity index (χ1n) is 10.5. The highest BCUT2D eigenvalue weighted by molar-refractivity contribution is 5.74. The van der Waals surface area contributed by atoms with E-state index in [1.165, 1.54) is 11.1 Å². The lowest BCUT2D eigenvalue weighted by atomic mass is 9.51. The van der Waals surface area contributed by atoms with E-state index in [0.717, 1.165) is 25.7 Å². The Hall–Kier alpha value is -1.88. The van der Waals surface area contributed by atoms with E-state index in [4.69, 9.17) is 0 Å². The van der Waals surface area contributed by atoms with Gasteiger partial charge >= 0.3 is 0 Å². The SMILES string of the molecule is CC(=O)N[C@H]1CC2=C[C@@H](O)C=C[C@]2(C)C2=CC[C@]3(C)[C@@H](NC(C)=O)CC[C@H]3[C@@H]21. The van der Waals surface area contributed by atoms with Crippen LogP contribution in [0.5, 0.6) is 0 Å². The van der Waals surface area contributed by atoms with Gasteiger partial charge in [-0.1, -0.05) is 42.4 Å². The Labute approximate surface area is 167 Å². The second-order valence-corrected chi connectivity index (χ2v) is 9.59. The van der Waals surface area contributed by atoms with Crippen LogP contribution < -0.4 is 10.6 Å². The van der Waals surface area contributed by atoms with Crippen LogP contribution in [0.25, 0.3) is 0 Å². The third-order valence-corrected chi connectivity index (χ3v) is 7.87. The van der Waals surface area contributed by atoms with Crippen molar-refractivity contribution < 1.29 is 14.7 Å². The molecule has 0 saturated heterocycles. The van der Waals surface area contributed by atoms with Gasteiger partial charge in [0, 0.05) is 37.3 Å². The third kappa shape index (κ3) is 2.86. The number of amides is 2. The number of hydrogen-bond acceptors (Lipinski definition) is 3. The molecule has 0 radical (unpaired) electrons. The number of nitrogens with one attached hydrogen (secondary N) is 2. The van der Waals surface area contributed by atoms with Gasteiger partial charge in [0.05, 0.1) is 6.10 Å². The van der Waals surface area contributed by atoms with Gasteiger partial charge in [0.2, 0.25) is 11.8 Å². The van der Waals surface area contributed by atoms with E-state index in [1.54, 1.807) is 13.8 Å². The van der Waals surface area contributed by atoms with E-state index in [1.807, 2.05) is 12.2 Å². The fraction of sp³-hybridized carbons (Fsp3) is 0.652. The molecule has 7 atom stereocenters. The molecule has 0 unspecified atom stereocenters. The molecular formula is C23H32N2O3. The number of fused-ring (bicyclic) bond motifs is 5. The monoisotopic (exact) mass is 384 g/mol. The molecule has 2 saturated carbocycles. The molecule has 0 aromatic carbocycles. The topological polar surface area (TPSA) is 78.4 Å². The molecule has 0 bridgehead atoms. The van der Waals surface area contributed by atoms with Crippen LogP contribution in [0, 0.1) is 22.7 Å². The quantitative estimate of drug-likeness (QED) is 0.641. The molecule has 2 amide bonds. The molecule has 152 valence electrons. The van der Waals surface area contributed by atoms with Crippen LogP contribution in [0.15, 0.2) is 35.5 Å². The summed E-state index contributed by atoms with van der Waals surface area (Å²) in [5, 5.41) is 16.5. The maximum atomic E-state index is 12.0. The van der Waals surface area contributed by atoms with Gasteiger partial charge in [-0.15, -0.1) is 0 Å². The van der Waals surface area contributed by atoms with Crippen LogP contribution in [-0.4, -0.2) is 35.1 Å². The molecule has 4 rings (SSSR count). The summed E-state index contributed by atoms with van der Waals surface area (Å²) in [5.74, 6) is 0.692. The molecule has 3 N–H and O–H groups in total. The van der Waals surface area contributed by atoms with E-state index in [9.17, 15) is 14.7 Å². The van der Waals surface area contributed by atoms with Crippen molar-refractivity contribution in [1.29, 1.82) is 0 Å². The zero-order valence-electron chi connectivity index (χ0n) is 17.3. The Kier molecular flexibility index (Phi) is 4.57. The van der Waals surface area contributed by atoms with Gasteiger partial charge in [-0.25, -0.2) is 0 Å². The summed E-state index contributed by atoms with van der Waals surface area (Å²) >= 11 is 0. The van der Waals surface area contributed by atoms with Crippen molar-refractivity contribution in [2.45, 2.75) is 71.6 Å². The summed E-state index contributed by atoms with van der Waals surface area (Å²) in [6, 6.07) is 0.210. The fourth-order valence-electron chi connectivity index (χ4n) is 6.53. The Balaban J connectivity index is 1.77. The van der Waals surface area contributed by atoms with Crippen molar-refractivity contribution in [3.05, 3.63) is 35.5 Å². The second kappa shape index (κ2) is 6.58. The Morgan fingerprint density at radius 3 is 2.54 bits per heavy atom. The van der Waals surface area contributed by atoms with Gasteiger partial charge in [-0.3, -0.25) is 9.59 Å². The first-order valence-corrected chi connectivity index (χ1v) is 10.5. The number of aliphatic hydroxyl groups is 1. The van der Waals surface area contributed by atoms with Crippen molar-refractivity contribution >= 4 is 11.8 Å². The zero-order chi connectivity index (χ0) is 20.3. The number of rotatable bonds is 2. The van der Waals surface area contributed by atoms with Crippen LogP contribution in [0.2, 0.25) is 0 Å². The zero-order valence-corrected chi connectivity index (χ0v) is 17.3. The van der Waals surface area contributed by atoms with Crippen LogP contribution in [0.1, 0.15) is 53.4 Å². The molecule has 0 spiro atoms. The highest BCUT2D eigenvalue weighted by Crippen LogP contribution is 2.62. The second-order valence-electron chi connectivity index (χ2n) is 9.59. The Morgan fingerprint density at radius 1 is 1.14 bits per heavy atom. The highest BCUT2D eigenvalue weighted by atomic mass is 16.3. The van der Waals surface area contributed by atoms with Crippen LogP contribution >= 0.6 is 0 Å². The number of hydrogen-bond donors (Lipinski definition) is 3. The summed E-state index contributed by atoms with van der Waals surface area (Å²) < 4.78 is 0. The predicted molar refractivity (Wildman–Crippen MR) is 108 cm³/mol. The van der Waals surface area contributed by atoms with Gasteiger partial charge in [0.25, 0.3) is 0 Å². The van der Waals surface area contributed by atoms with Crippen molar-refractivity contribution in [3.8, 4) is 0 Å². The number of carbonyl (C=O) groups excluding carboxylic acids is 2. The van der Waals surface area contributed by atoms with Crippen molar-refractivity contribution in [2.24, 2.45) is 22.7 Å². The Bertz CT molecular complexity index is 798. The maximum Gasteiger partial charge on any atom is 0.217 e. The molecule has 0 aromatic rings. The van der Waals surface area contributed by atoms with Crippen molar-refractivity contribution in [1.82, 2.24) is 10.6 Å². The number of aliphatic hydroxyl groups excluding tert-OH is 1. The lowest BCUT2D eigenvalue weighted by Crippen LogP contribution is -2.56. The number of carbonyl (C=O) groups is 2. The van der Waals surface area contributed by atoms with Gasteiger partial charge < -0.3 is 15.7 Å². The lowest BCUT2D eigenvalue weighted by molar-refractivity contribution is -0.120. The first kappa shape index (κ1) is 19.4. The summed E-state index contributed by atoms with van der Waals surface area (Å²) in [4.78, 5) is 23.8. The van der Waals surface area contributed by atoms with E-state index in [-0.39, 0.29) is 40.6 Å². The van der Waals surface area contributed by atoms with Gasteiger partial charge in [-0.05, 0) is 43.9 Å². The molecule has 0 aromatic heterocycles. The summed E-state index contributed by atoms with van der Waals surface area (Å²) in [5.41, 5.74) is 2.39. The van der Waals surface area contributed by atoms with E-state index < -0.39 is 6.10 Å². The van der Waals surface area contributed by atoms with E-state index in [0.29, 0.717) is 5.92 Å². The summed E-state index contributed by atoms with van der Waals surface area (Å²) in [6.45, 7) is 7.72. The minimum absolute atomic E-state index is 0.00598. The minimum Gasteiger partial charge on any atom is -0.385 e. The molecule has 0 aliphatic heterocycles. The van der Waals surface area contributed by atoms with Gasteiger partial charge in [0.15, 0.2) is 0 Å². The summed E-state index contributed by atoms with van der Waals surface area (Å²) in [7, 11) is 0. The molecule has 2 fully saturated rings. The van der Waals surface area contributed by atoms with Gasteiger partial charge in [0.1, 0.15) is 0 Å². The molecule has 5 nitrogen and oxygen atoms in total. The maximum absolute atomic E-state index is 12.0. The smallest absolute Gasteiger partial charge is 0.217 e. The van der Waals surface area contributed by atoms with Crippen LogP contribution in [-0.2, 0) is 9.59 Å². The fourth-order valence-corrected chi connectivity index (χ4v) is 6.53. The first-order chi connectivity index (χ1) is 13.1.